The number of hydrogen-bond donors (Lipinski definition) is 1. The van der Waals surface area contributed by atoms with Crippen molar-refractivity contribution in [3.8, 4) is 0 Å². The lowest BCUT2D eigenvalue weighted by atomic mass is 10.1. The maximum atomic E-state index is 3.57. The number of nitrogens with zero attached hydrogens (tertiary/aromatic N) is 1. The van der Waals surface area contributed by atoms with Gasteiger partial charge in [0.05, 0.1) is 9.90 Å². The van der Waals surface area contributed by atoms with Gasteiger partial charge in [0, 0.05) is 34.0 Å². The molecule has 2 nitrogen and oxygen atoms in total. The molecule has 0 aliphatic carbocycles. The average Bonchev–Trinajstić information content (AvgIpc) is 3.16. The minimum absolute atomic E-state index is 0.984. The van der Waals surface area contributed by atoms with E-state index in [4.69, 9.17) is 0 Å². The minimum atomic E-state index is 0.984. The summed E-state index contributed by atoms with van der Waals surface area (Å²) in [5.41, 5.74) is 4.95. The van der Waals surface area contributed by atoms with Gasteiger partial charge in [-0.15, -0.1) is 23.1 Å². The fourth-order valence-corrected chi connectivity index (χ4v) is 4.64. The molecule has 0 fully saturated rings. The summed E-state index contributed by atoms with van der Waals surface area (Å²) in [6.07, 6.45) is 2.12. The first-order valence-corrected chi connectivity index (χ1v) is 9.81. The number of hydrogen-bond acceptors (Lipinski definition) is 3. The van der Waals surface area contributed by atoms with Crippen molar-refractivity contribution < 1.29 is 0 Å². The number of thioether (sulfide) groups is 1. The van der Waals surface area contributed by atoms with Crippen LogP contribution in [0.5, 0.6) is 0 Å². The van der Waals surface area contributed by atoms with Crippen LogP contribution in [0.2, 0.25) is 0 Å². The van der Waals surface area contributed by atoms with E-state index in [1.165, 1.54) is 31.7 Å². The highest BCUT2D eigenvalue weighted by Gasteiger charge is 2.10. The molecule has 0 radical (unpaired) electrons. The monoisotopic (exact) mass is 338 g/mol. The molecule has 0 saturated heterocycles. The molecule has 4 rings (SSSR count). The Balaban J connectivity index is 1.86. The second-order valence-corrected chi connectivity index (χ2v) is 7.44. The van der Waals surface area contributed by atoms with Gasteiger partial charge in [0.25, 0.3) is 0 Å². The molecule has 0 aliphatic rings. The number of aryl methyl sites for hydroxylation is 1. The maximum absolute atomic E-state index is 3.57. The normalized spacial score (nSPS) is 11.4. The van der Waals surface area contributed by atoms with Gasteiger partial charge in [-0.2, -0.15) is 0 Å². The molecule has 4 heteroatoms. The number of nitrogens with one attached hydrogen (secondary N) is 1. The van der Waals surface area contributed by atoms with Gasteiger partial charge in [-0.05, 0) is 48.9 Å². The van der Waals surface area contributed by atoms with Gasteiger partial charge in [0.15, 0.2) is 0 Å². The third-order valence-electron chi connectivity index (χ3n) is 4.18. The largest absolute Gasteiger partial charge is 0.354 e. The van der Waals surface area contributed by atoms with E-state index in [0.717, 1.165) is 12.2 Å². The molecule has 23 heavy (non-hydrogen) atoms. The van der Waals surface area contributed by atoms with Crippen LogP contribution in [-0.2, 0) is 6.54 Å². The van der Waals surface area contributed by atoms with Crippen LogP contribution in [0, 0.1) is 0 Å². The molecule has 2 heterocycles. The molecule has 0 atom stereocenters. The van der Waals surface area contributed by atoms with Gasteiger partial charge in [0.2, 0.25) is 0 Å². The molecular formula is C19H18N2S2. The predicted molar refractivity (Wildman–Crippen MR) is 105 cm³/mol. The Bertz CT molecular complexity index is 982. The lowest BCUT2D eigenvalue weighted by Crippen LogP contribution is -1.93. The van der Waals surface area contributed by atoms with E-state index in [-0.39, 0.29) is 0 Å². The highest BCUT2D eigenvalue weighted by molar-refractivity contribution is 8.00. The van der Waals surface area contributed by atoms with E-state index in [1.54, 1.807) is 23.1 Å². The predicted octanol–water partition coefficient (Wildman–Crippen LogP) is 6.34. The van der Waals surface area contributed by atoms with Crippen molar-refractivity contribution in [1.29, 1.82) is 0 Å². The first-order valence-electron chi connectivity index (χ1n) is 7.71. The number of rotatable bonds is 4. The van der Waals surface area contributed by atoms with Crippen molar-refractivity contribution in [3.63, 3.8) is 0 Å². The molecule has 4 aromatic rings. The van der Waals surface area contributed by atoms with E-state index in [0.29, 0.717) is 0 Å². The van der Waals surface area contributed by atoms with Crippen LogP contribution in [0.25, 0.3) is 21.8 Å². The summed E-state index contributed by atoms with van der Waals surface area (Å²) in [6, 6.07) is 17.5. The van der Waals surface area contributed by atoms with Crippen LogP contribution in [0.4, 0.5) is 11.4 Å². The molecule has 1 N–H and O–H groups in total. The van der Waals surface area contributed by atoms with E-state index >= 15 is 0 Å². The Labute approximate surface area is 144 Å². The first-order chi connectivity index (χ1) is 11.3. The zero-order chi connectivity index (χ0) is 15.8. The van der Waals surface area contributed by atoms with Crippen LogP contribution >= 0.6 is 23.1 Å². The molecule has 0 unspecified atom stereocenters. The molecule has 0 spiro atoms. The van der Waals surface area contributed by atoms with Gasteiger partial charge < -0.3 is 9.88 Å². The third-order valence-corrected chi connectivity index (χ3v) is 6.27. The van der Waals surface area contributed by atoms with Crippen molar-refractivity contribution in [2.75, 3.05) is 11.6 Å². The van der Waals surface area contributed by atoms with E-state index in [1.807, 2.05) is 0 Å². The second-order valence-electron chi connectivity index (χ2n) is 5.44. The number of para-hydroxylation sites is 1. The summed E-state index contributed by atoms with van der Waals surface area (Å²) in [4.78, 5) is 0. The first kappa shape index (κ1) is 14.7. The van der Waals surface area contributed by atoms with Crippen LogP contribution in [-0.4, -0.2) is 10.8 Å². The van der Waals surface area contributed by atoms with Crippen molar-refractivity contribution in [2.45, 2.75) is 17.7 Å². The van der Waals surface area contributed by atoms with Crippen LogP contribution < -0.4 is 5.32 Å². The Morgan fingerprint density at radius 3 is 2.70 bits per heavy atom. The molecule has 0 bridgehead atoms. The van der Waals surface area contributed by atoms with Crippen molar-refractivity contribution in [2.24, 2.45) is 0 Å². The number of anilines is 2. The fraction of sp³-hybridized carbons (Fsp3) is 0.158. The lowest BCUT2D eigenvalue weighted by Gasteiger charge is -2.07. The van der Waals surface area contributed by atoms with Crippen LogP contribution in [0.15, 0.2) is 58.1 Å². The van der Waals surface area contributed by atoms with E-state index < -0.39 is 0 Å². The topological polar surface area (TPSA) is 17.0 Å². The quantitative estimate of drug-likeness (QED) is 0.437. The molecule has 0 amide bonds. The molecule has 2 aromatic carbocycles. The summed E-state index contributed by atoms with van der Waals surface area (Å²) in [5, 5.41) is 8.34. The zero-order valence-electron chi connectivity index (χ0n) is 13.2. The Kier molecular flexibility index (Phi) is 3.79. The van der Waals surface area contributed by atoms with Crippen molar-refractivity contribution in [3.05, 3.63) is 53.9 Å². The van der Waals surface area contributed by atoms with Gasteiger partial charge in [-0.3, -0.25) is 0 Å². The van der Waals surface area contributed by atoms with Gasteiger partial charge in [-0.1, -0.05) is 18.2 Å². The van der Waals surface area contributed by atoms with Gasteiger partial charge in [-0.25, -0.2) is 0 Å². The van der Waals surface area contributed by atoms with Gasteiger partial charge >= 0.3 is 0 Å². The Hall–Kier alpha value is -1.91. The highest BCUT2D eigenvalue weighted by Crippen LogP contribution is 2.35. The van der Waals surface area contributed by atoms with E-state index in [2.05, 4.69) is 77.0 Å². The third kappa shape index (κ3) is 2.42. The molecule has 116 valence electrons. The van der Waals surface area contributed by atoms with Crippen molar-refractivity contribution in [1.82, 2.24) is 4.57 Å². The number of thiophene rings is 1. The minimum Gasteiger partial charge on any atom is -0.354 e. The average molecular weight is 339 g/mol. The fourth-order valence-electron chi connectivity index (χ4n) is 3.17. The standard InChI is InChI=1S/C19H18N2S2/c1-3-21-17-7-5-4-6-14(17)15-12-13(8-9-18(15)21)20-16-10-11-23-19(16)22-2/h4-12,20H,3H2,1-2H3. The molecule has 0 saturated carbocycles. The summed E-state index contributed by atoms with van der Waals surface area (Å²) in [6.45, 7) is 3.19. The van der Waals surface area contributed by atoms with Crippen molar-refractivity contribution >= 4 is 56.3 Å². The number of benzene rings is 2. The Morgan fingerprint density at radius 1 is 1.04 bits per heavy atom. The van der Waals surface area contributed by atoms with E-state index in [9.17, 15) is 0 Å². The summed E-state index contributed by atoms with van der Waals surface area (Å²) >= 11 is 3.57. The molecule has 2 aromatic heterocycles. The smallest absolute Gasteiger partial charge is 0.0831 e. The zero-order valence-corrected chi connectivity index (χ0v) is 14.8. The second kappa shape index (κ2) is 5.95. The SMILES string of the molecule is CCn1c2ccccc2c2cc(Nc3ccsc3SC)ccc21. The summed E-state index contributed by atoms with van der Waals surface area (Å²) < 4.78 is 3.70. The molecule has 0 aliphatic heterocycles. The summed E-state index contributed by atoms with van der Waals surface area (Å²) in [7, 11) is 0. The molecular weight excluding hydrogens is 320 g/mol. The number of fused-ring (bicyclic) bond motifs is 3. The van der Waals surface area contributed by atoms with Gasteiger partial charge in [0.1, 0.15) is 0 Å². The van der Waals surface area contributed by atoms with Crippen LogP contribution in [0.1, 0.15) is 6.92 Å². The van der Waals surface area contributed by atoms with Crippen LogP contribution in [0.3, 0.4) is 0 Å². The lowest BCUT2D eigenvalue weighted by molar-refractivity contribution is 0.827. The number of aromatic nitrogens is 1. The maximum Gasteiger partial charge on any atom is 0.0831 e. The highest BCUT2D eigenvalue weighted by atomic mass is 32.2. The Morgan fingerprint density at radius 2 is 1.87 bits per heavy atom. The summed E-state index contributed by atoms with van der Waals surface area (Å²) in [5.74, 6) is 0.